The molecule has 0 spiro atoms. The highest BCUT2D eigenvalue weighted by atomic mass is 16.5. The van der Waals surface area contributed by atoms with Crippen molar-refractivity contribution in [1.29, 1.82) is 0 Å². The summed E-state index contributed by atoms with van der Waals surface area (Å²) in [5.74, 6) is -1.28. The van der Waals surface area contributed by atoms with Crippen molar-refractivity contribution in [3.63, 3.8) is 0 Å². The zero-order valence-corrected chi connectivity index (χ0v) is 15.2. The van der Waals surface area contributed by atoms with Gasteiger partial charge < -0.3 is 4.52 Å². The van der Waals surface area contributed by atoms with Crippen molar-refractivity contribution in [2.24, 2.45) is 0 Å². The van der Waals surface area contributed by atoms with Crippen molar-refractivity contribution in [3.8, 4) is 5.82 Å². The number of hydrogen-bond donors (Lipinski definition) is 0. The Bertz CT molecular complexity index is 984. The van der Waals surface area contributed by atoms with Crippen molar-refractivity contribution in [3.05, 3.63) is 47.5 Å². The van der Waals surface area contributed by atoms with Gasteiger partial charge in [0.1, 0.15) is 5.76 Å². The van der Waals surface area contributed by atoms with Crippen molar-refractivity contribution in [1.82, 2.24) is 19.5 Å². The Hall–Kier alpha value is -3.49. The van der Waals surface area contributed by atoms with E-state index in [9.17, 15) is 19.2 Å². The first-order valence-corrected chi connectivity index (χ1v) is 8.20. The summed E-state index contributed by atoms with van der Waals surface area (Å²) >= 11 is 0. The van der Waals surface area contributed by atoms with Gasteiger partial charge in [0.2, 0.25) is 0 Å². The van der Waals surface area contributed by atoms with Crippen LogP contribution in [0.5, 0.6) is 0 Å². The average molecular weight is 370 g/mol. The number of aromatic nitrogens is 2. The molecule has 0 atom stereocenters. The number of aryl methyl sites for hydroxylation is 2. The van der Waals surface area contributed by atoms with Gasteiger partial charge in [-0.2, -0.15) is 0 Å². The lowest BCUT2D eigenvalue weighted by molar-refractivity contribution is -0.142. The Balaban J connectivity index is 1.87. The van der Waals surface area contributed by atoms with E-state index in [1.807, 2.05) is 0 Å². The molecule has 0 N–H and O–H groups in total. The molecule has 0 radical (unpaired) electrons. The van der Waals surface area contributed by atoms with Gasteiger partial charge in [0.05, 0.1) is 6.54 Å². The third kappa shape index (κ3) is 2.97. The first kappa shape index (κ1) is 18.3. The van der Waals surface area contributed by atoms with Gasteiger partial charge >= 0.3 is 17.8 Å². The maximum atomic E-state index is 12.7. The van der Waals surface area contributed by atoms with E-state index in [4.69, 9.17) is 4.52 Å². The van der Waals surface area contributed by atoms with Crippen LogP contribution in [0.1, 0.15) is 27.5 Å². The molecule has 27 heavy (non-hydrogen) atoms. The van der Waals surface area contributed by atoms with Crippen LogP contribution in [0.25, 0.3) is 5.82 Å². The molecule has 9 nitrogen and oxygen atoms in total. The summed E-state index contributed by atoms with van der Waals surface area (Å²) in [6.07, 6.45) is 1.34. The van der Waals surface area contributed by atoms with E-state index in [1.165, 1.54) is 6.08 Å². The Labute approximate surface area is 154 Å². The number of urea groups is 1. The van der Waals surface area contributed by atoms with E-state index in [0.29, 0.717) is 27.7 Å². The topological polar surface area (TPSA) is 106 Å². The van der Waals surface area contributed by atoms with Crippen molar-refractivity contribution < 1.29 is 23.7 Å². The first-order valence-electron chi connectivity index (χ1n) is 8.20. The van der Waals surface area contributed by atoms with E-state index >= 15 is 0 Å². The van der Waals surface area contributed by atoms with E-state index in [-0.39, 0.29) is 6.54 Å². The van der Waals surface area contributed by atoms with E-state index in [2.05, 4.69) is 11.7 Å². The van der Waals surface area contributed by atoms with Crippen molar-refractivity contribution in [2.75, 3.05) is 13.1 Å². The van der Waals surface area contributed by atoms with Crippen LogP contribution in [0.3, 0.4) is 0 Å². The summed E-state index contributed by atoms with van der Waals surface area (Å²) in [6, 6.07) is 2.56. The molecule has 1 fully saturated rings. The van der Waals surface area contributed by atoms with Gasteiger partial charge in [0, 0.05) is 29.6 Å². The fourth-order valence-electron chi connectivity index (χ4n) is 3.06. The van der Waals surface area contributed by atoms with Gasteiger partial charge in [-0.3, -0.25) is 23.9 Å². The SMILES string of the molecule is C=CCN1C(=O)C(=O)N(CC(=O)c2cc(C)n(-c3cc(C)on3)c2C)C1=O. The number of amides is 4. The Morgan fingerprint density at radius 2 is 1.81 bits per heavy atom. The molecule has 1 saturated heterocycles. The number of ketones is 1. The van der Waals surface area contributed by atoms with Crippen molar-refractivity contribution >= 4 is 23.6 Å². The normalized spacial score (nSPS) is 14.4. The number of carbonyl (C=O) groups excluding carboxylic acids is 4. The first-order chi connectivity index (χ1) is 12.8. The molecule has 140 valence electrons. The lowest BCUT2D eigenvalue weighted by Gasteiger charge is -2.13. The van der Waals surface area contributed by atoms with Crippen LogP contribution in [0.4, 0.5) is 4.79 Å². The van der Waals surface area contributed by atoms with E-state index in [0.717, 1.165) is 10.6 Å². The highest BCUT2D eigenvalue weighted by molar-refractivity contribution is 6.45. The number of carbonyl (C=O) groups is 4. The molecule has 0 bridgehead atoms. The lowest BCUT2D eigenvalue weighted by Crippen LogP contribution is -2.37. The minimum Gasteiger partial charge on any atom is -0.360 e. The second-order valence-electron chi connectivity index (χ2n) is 6.22. The third-order valence-electron chi connectivity index (χ3n) is 4.32. The summed E-state index contributed by atoms with van der Waals surface area (Å²) in [6.45, 7) is 8.13. The largest absolute Gasteiger partial charge is 0.360 e. The highest BCUT2D eigenvalue weighted by Gasteiger charge is 2.44. The van der Waals surface area contributed by atoms with Crippen LogP contribution in [0.2, 0.25) is 0 Å². The van der Waals surface area contributed by atoms with Gasteiger partial charge in [0.15, 0.2) is 11.6 Å². The van der Waals surface area contributed by atoms with Gasteiger partial charge in [-0.1, -0.05) is 11.2 Å². The van der Waals surface area contributed by atoms with Crippen LogP contribution >= 0.6 is 0 Å². The molecule has 1 aliphatic rings. The number of hydrogen-bond acceptors (Lipinski definition) is 6. The van der Waals surface area contributed by atoms with Crippen LogP contribution < -0.4 is 0 Å². The molecule has 2 aromatic rings. The van der Waals surface area contributed by atoms with Gasteiger partial charge in [0.25, 0.3) is 0 Å². The molecule has 1 aliphatic heterocycles. The highest BCUT2D eigenvalue weighted by Crippen LogP contribution is 2.22. The number of imide groups is 2. The predicted octanol–water partition coefficient (Wildman–Crippen LogP) is 1.55. The third-order valence-corrected chi connectivity index (χ3v) is 4.32. The lowest BCUT2D eigenvalue weighted by atomic mass is 10.1. The van der Waals surface area contributed by atoms with E-state index < -0.39 is 30.2 Å². The van der Waals surface area contributed by atoms with Gasteiger partial charge in [-0.15, -0.1) is 6.58 Å². The monoisotopic (exact) mass is 370 g/mol. The second-order valence-corrected chi connectivity index (χ2v) is 6.22. The maximum Gasteiger partial charge on any atom is 0.334 e. The van der Waals surface area contributed by atoms with Crippen LogP contribution in [0.15, 0.2) is 29.3 Å². The smallest absolute Gasteiger partial charge is 0.334 e. The predicted molar refractivity (Wildman–Crippen MR) is 93.4 cm³/mol. The molecule has 4 amide bonds. The number of Topliss-reactive ketones (excluding diaryl/α,β-unsaturated/α-hetero) is 1. The zero-order valence-electron chi connectivity index (χ0n) is 15.2. The fourth-order valence-corrected chi connectivity index (χ4v) is 3.06. The zero-order chi connectivity index (χ0) is 19.9. The Kier molecular flexibility index (Phi) is 4.52. The molecule has 0 aromatic carbocycles. The molecule has 3 heterocycles. The number of nitrogens with zero attached hydrogens (tertiary/aromatic N) is 4. The van der Waals surface area contributed by atoms with Gasteiger partial charge in [-0.05, 0) is 26.8 Å². The minimum atomic E-state index is -1.02. The molecule has 3 rings (SSSR count). The standard InChI is InChI=1S/C18H18N4O5/c1-5-6-20-16(24)17(25)21(18(20)26)9-14(23)13-7-10(2)22(12(13)4)15-8-11(3)27-19-15/h5,7-8H,1,6,9H2,2-4H3. The van der Waals surface area contributed by atoms with Crippen LogP contribution in [-0.2, 0) is 9.59 Å². The minimum absolute atomic E-state index is 0.0892. The van der Waals surface area contributed by atoms with Gasteiger partial charge in [-0.25, -0.2) is 9.69 Å². The molecule has 2 aromatic heterocycles. The maximum absolute atomic E-state index is 12.7. The molecule has 0 aliphatic carbocycles. The van der Waals surface area contributed by atoms with Crippen molar-refractivity contribution in [2.45, 2.75) is 20.8 Å². The molecular formula is C18H18N4O5. The molecule has 9 heteroatoms. The van der Waals surface area contributed by atoms with Crippen LogP contribution in [0, 0.1) is 20.8 Å². The number of rotatable bonds is 6. The van der Waals surface area contributed by atoms with Crippen LogP contribution in [-0.4, -0.2) is 56.2 Å². The molecule has 0 saturated carbocycles. The summed E-state index contributed by atoms with van der Waals surface area (Å²) in [5, 5.41) is 3.95. The summed E-state index contributed by atoms with van der Waals surface area (Å²) in [7, 11) is 0. The average Bonchev–Trinajstić information content (AvgIpc) is 3.22. The van der Waals surface area contributed by atoms with E-state index in [1.54, 1.807) is 37.5 Å². The Morgan fingerprint density at radius 1 is 1.15 bits per heavy atom. The second kappa shape index (κ2) is 6.67. The molecular weight excluding hydrogens is 352 g/mol. The summed E-state index contributed by atoms with van der Waals surface area (Å²) in [5.41, 5.74) is 1.68. The summed E-state index contributed by atoms with van der Waals surface area (Å²) in [4.78, 5) is 50.3. The molecule has 0 unspecified atom stereocenters. The quantitative estimate of drug-likeness (QED) is 0.331. The fraction of sp³-hybridized carbons (Fsp3) is 0.278. The Morgan fingerprint density at radius 3 is 2.41 bits per heavy atom. The summed E-state index contributed by atoms with van der Waals surface area (Å²) < 4.78 is 6.82.